The number of halogens is 2. The molecule has 0 unspecified atom stereocenters. The van der Waals surface area contributed by atoms with Gasteiger partial charge in [-0.15, -0.1) is 0 Å². The number of hydrogen-bond donors (Lipinski definition) is 1. The van der Waals surface area contributed by atoms with E-state index in [1.54, 1.807) is 23.1 Å². The van der Waals surface area contributed by atoms with Crippen LogP contribution in [-0.4, -0.2) is 28.8 Å². The van der Waals surface area contributed by atoms with Gasteiger partial charge >= 0.3 is 0 Å². The Morgan fingerprint density at radius 2 is 1.63 bits per heavy atom. The van der Waals surface area contributed by atoms with E-state index >= 15 is 0 Å². The number of hydrogen-bond acceptors (Lipinski definition) is 2. The van der Waals surface area contributed by atoms with Crippen molar-refractivity contribution in [2.75, 3.05) is 0 Å². The first kappa shape index (κ1) is 26.8. The van der Waals surface area contributed by atoms with Crippen molar-refractivity contribution in [1.29, 1.82) is 0 Å². The Hall–Kier alpha value is -2.82. The summed E-state index contributed by atoms with van der Waals surface area (Å²) in [4.78, 5) is 29.1. The average molecular weight is 511 g/mol. The van der Waals surface area contributed by atoms with Crippen LogP contribution in [-0.2, 0) is 29.0 Å². The molecule has 0 saturated carbocycles. The van der Waals surface area contributed by atoms with Crippen LogP contribution in [0.3, 0.4) is 0 Å². The van der Waals surface area contributed by atoms with Crippen molar-refractivity contribution in [3.8, 4) is 0 Å². The molecule has 184 valence electrons. The van der Waals surface area contributed by atoms with Crippen molar-refractivity contribution in [2.24, 2.45) is 0 Å². The second-order valence-electron chi connectivity index (χ2n) is 8.88. The van der Waals surface area contributed by atoms with Crippen molar-refractivity contribution < 1.29 is 9.59 Å². The van der Waals surface area contributed by atoms with E-state index in [-0.39, 0.29) is 24.3 Å². The number of amides is 2. The standard InChI is InChI=1S/C29H32Cl2N2O2/c1-4-21(3)32-29(35)27(16-22-11-6-5-7-12-22)33(19-24-13-9-8-10-20(24)2)28(34)17-23-14-15-25(30)18-26(23)31/h5-15,18,21,27H,4,16-17,19H2,1-3H3,(H,32,35)/t21-,27-/m0/s1. The molecular weight excluding hydrogens is 479 g/mol. The lowest BCUT2D eigenvalue weighted by Crippen LogP contribution is -2.52. The molecule has 2 atom stereocenters. The van der Waals surface area contributed by atoms with Gasteiger partial charge in [-0.3, -0.25) is 9.59 Å². The van der Waals surface area contributed by atoms with Gasteiger partial charge in [0.15, 0.2) is 0 Å². The molecule has 6 heteroatoms. The van der Waals surface area contributed by atoms with E-state index < -0.39 is 6.04 Å². The van der Waals surface area contributed by atoms with Crippen LogP contribution in [0.4, 0.5) is 0 Å². The minimum Gasteiger partial charge on any atom is -0.352 e. The molecule has 3 rings (SSSR count). The Balaban J connectivity index is 2.00. The first-order chi connectivity index (χ1) is 16.8. The summed E-state index contributed by atoms with van der Waals surface area (Å²) in [5.41, 5.74) is 3.73. The Morgan fingerprint density at radius 1 is 0.943 bits per heavy atom. The van der Waals surface area contributed by atoms with Gasteiger partial charge < -0.3 is 10.2 Å². The summed E-state index contributed by atoms with van der Waals surface area (Å²) < 4.78 is 0. The summed E-state index contributed by atoms with van der Waals surface area (Å²) in [6.07, 6.45) is 1.29. The van der Waals surface area contributed by atoms with Gasteiger partial charge in [-0.1, -0.05) is 90.8 Å². The third-order valence-electron chi connectivity index (χ3n) is 6.23. The summed E-state index contributed by atoms with van der Waals surface area (Å²) in [6, 6.07) is 22.2. The number of carbonyl (C=O) groups is 2. The Bertz CT molecular complexity index is 1150. The maximum atomic E-state index is 13.8. The molecule has 0 spiro atoms. The van der Waals surface area contributed by atoms with Crippen LogP contribution in [0.2, 0.25) is 10.0 Å². The predicted octanol–water partition coefficient (Wildman–Crippen LogP) is 6.40. The van der Waals surface area contributed by atoms with E-state index in [0.717, 1.165) is 23.1 Å². The molecule has 4 nitrogen and oxygen atoms in total. The first-order valence-electron chi connectivity index (χ1n) is 11.9. The molecule has 0 bridgehead atoms. The largest absolute Gasteiger partial charge is 0.352 e. The van der Waals surface area contributed by atoms with E-state index in [2.05, 4.69) is 5.32 Å². The van der Waals surface area contributed by atoms with E-state index in [1.807, 2.05) is 75.4 Å². The van der Waals surface area contributed by atoms with E-state index in [9.17, 15) is 9.59 Å². The fourth-order valence-electron chi connectivity index (χ4n) is 3.90. The van der Waals surface area contributed by atoms with Gasteiger partial charge in [-0.25, -0.2) is 0 Å². The zero-order chi connectivity index (χ0) is 25.4. The molecule has 0 heterocycles. The van der Waals surface area contributed by atoms with Gasteiger partial charge in [-0.05, 0) is 54.7 Å². The first-order valence-corrected chi connectivity index (χ1v) is 12.7. The van der Waals surface area contributed by atoms with Crippen LogP contribution in [0.15, 0.2) is 72.8 Å². The van der Waals surface area contributed by atoms with E-state index in [0.29, 0.717) is 28.6 Å². The van der Waals surface area contributed by atoms with Gasteiger partial charge in [0.05, 0.1) is 6.42 Å². The van der Waals surface area contributed by atoms with Gasteiger partial charge in [-0.2, -0.15) is 0 Å². The zero-order valence-electron chi connectivity index (χ0n) is 20.4. The summed E-state index contributed by atoms with van der Waals surface area (Å²) in [5.74, 6) is -0.329. The Kier molecular flexibility index (Phi) is 9.76. The molecule has 3 aromatic carbocycles. The number of nitrogens with one attached hydrogen (secondary N) is 1. The highest BCUT2D eigenvalue weighted by atomic mass is 35.5. The lowest BCUT2D eigenvalue weighted by molar-refractivity contribution is -0.141. The van der Waals surface area contributed by atoms with Crippen LogP contribution in [0, 0.1) is 6.92 Å². The van der Waals surface area contributed by atoms with Gasteiger partial charge in [0.1, 0.15) is 6.04 Å². The second-order valence-corrected chi connectivity index (χ2v) is 9.73. The quantitative estimate of drug-likeness (QED) is 0.343. The minimum absolute atomic E-state index is 0.00176. The van der Waals surface area contributed by atoms with E-state index in [1.165, 1.54) is 0 Å². The summed E-state index contributed by atoms with van der Waals surface area (Å²) in [5, 5.41) is 4.04. The molecule has 0 fully saturated rings. The molecule has 0 aromatic heterocycles. The lowest BCUT2D eigenvalue weighted by atomic mass is 10.00. The third kappa shape index (κ3) is 7.58. The topological polar surface area (TPSA) is 49.4 Å². The summed E-state index contributed by atoms with van der Waals surface area (Å²) in [7, 11) is 0. The smallest absolute Gasteiger partial charge is 0.243 e. The molecule has 0 aliphatic heterocycles. The van der Waals surface area contributed by atoms with Gasteiger partial charge in [0.25, 0.3) is 0 Å². The molecule has 1 N–H and O–H groups in total. The zero-order valence-corrected chi connectivity index (χ0v) is 21.9. The van der Waals surface area contributed by atoms with Crippen molar-refractivity contribution in [1.82, 2.24) is 10.2 Å². The van der Waals surface area contributed by atoms with Gasteiger partial charge in [0.2, 0.25) is 11.8 Å². The molecule has 2 amide bonds. The molecule has 35 heavy (non-hydrogen) atoms. The molecule has 3 aromatic rings. The SMILES string of the molecule is CC[C@H](C)NC(=O)[C@H](Cc1ccccc1)N(Cc1ccccc1C)C(=O)Cc1ccc(Cl)cc1Cl. The van der Waals surface area contributed by atoms with Crippen LogP contribution in [0.1, 0.15) is 42.5 Å². The summed E-state index contributed by atoms with van der Waals surface area (Å²) in [6.45, 7) is 6.33. The van der Waals surface area contributed by atoms with Crippen molar-refractivity contribution in [2.45, 2.75) is 58.7 Å². The molecule has 0 aliphatic carbocycles. The summed E-state index contributed by atoms with van der Waals surface area (Å²) >= 11 is 12.4. The minimum atomic E-state index is -0.676. The number of carbonyl (C=O) groups excluding carboxylic acids is 2. The molecule has 0 radical (unpaired) electrons. The highest BCUT2D eigenvalue weighted by Crippen LogP contribution is 2.24. The van der Waals surface area contributed by atoms with Crippen LogP contribution in [0.25, 0.3) is 0 Å². The van der Waals surface area contributed by atoms with Crippen molar-refractivity contribution in [3.05, 3.63) is 105 Å². The predicted molar refractivity (Wildman–Crippen MR) is 144 cm³/mol. The third-order valence-corrected chi connectivity index (χ3v) is 6.82. The number of rotatable bonds is 10. The number of benzene rings is 3. The highest BCUT2D eigenvalue weighted by molar-refractivity contribution is 6.35. The second kappa shape index (κ2) is 12.8. The fraction of sp³-hybridized carbons (Fsp3) is 0.310. The average Bonchev–Trinajstić information content (AvgIpc) is 2.84. The van der Waals surface area contributed by atoms with E-state index in [4.69, 9.17) is 23.2 Å². The number of aryl methyl sites for hydroxylation is 1. The molecule has 0 aliphatic rings. The monoisotopic (exact) mass is 510 g/mol. The van der Waals surface area contributed by atoms with Crippen molar-refractivity contribution in [3.63, 3.8) is 0 Å². The number of nitrogens with zero attached hydrogens (tertiary/aromatic N) is 1. The maximum Gasteiger partial charge on any atom is 0.243 e. The Labute approximate surface area is 218 Å². The van der Waals surface area contributed by atoms with Crippen LogP contribution >= 0.6 is 23.2 Å². The maximum absolute atomic E-state index is 13.8. The lowest BCUT2D eigenvalue weighted by Gasteiger charge is -2.33. The highest BCUT2D eigenvalue weighted by Gasteiger charge is 2.31. The van der Waals surface area contributed by atoms with Crippen molar-refractivity contribution >= 4 is 35.0 Å². The fourth-order valence-corrected chi connectivity index (χ4v) is 4.37. The Morgan fingerprint density at radius 3 is 2.29 bits per heavy atom. The van der Waals surface area contributed by atoms with Crippen LogP contribution in [0.5, 0.6) is 0 Å². The van der Waals surface area contributed by atoms with Crippen LogP contribution < -0.4 is 5.32 Å². The van der Waals surface area contributed by atoms with Gasteiger partial charge in [0, 0.05) is 29.1 Å². The molecule has 0 saturated heterocycles. The normalized spacial score (nSPS) is 12.6. The molecular formula is C29H32Cl2N2O2.